The van der Waals surface area contributed by atoms with Gasteiger partial charge in [-0.15, -0.1) is 0 Å². The fraction of sp³-hybridized carbons (Fsp3) is 0.833. The van der Waals surface area contributed by atoms with Gasteiger partial charge in [-0.25, -0.2) is 0 Å². The predicted molar refractivity (Wildman–Crippen MR) is 44.1 cm³/mol. The molecule has 0 aromatic heterocycles. The summed E-state index contributed by atoms with van der Waals surface area (Å²) < 4.78 is 0. The number of carbonyl (C=O) groups is 1. The van der Waals surface area contributed by atoms with E-state index >= 15 is 0 Å². The van der Waals surface area contributed by atoms with E-state index in [1.165, 1.54) is 0 Å². The van der Waals surface area contributed by atoms with Gasteiger partial charge in [-0.3, -0.25) is 4.79 Å². The third-order valence-electron chi connectivity index (χ3n) is 1.57. The van der Waals surface area contributed by atoms with E-state index in [9.17, 15) is 4.79 Å². The number of hydrogen-bond acceptors (Lipinski definition) is 3. The summed E-state index contributed by atoms with van der Waals surface area (Å²) in [7, 11) is 0. The van der Waals surface area contributed by atoms with Crippen molar-refractivity contribution in [3.8, 4) is 0 Å². The minimum atomic E-state index is -0.769. The quantitative estimate of drug-likeness (QED) is 0.412. The molecular weight excluding hydrogens is 155 g/mol. The zero-order valence-corrected chi connectivity index (χ0v) is 5.76. The molecule has 3 N–H and O–H groups in total. The fourth-order valence-corrected chi connectivity index (χ4v) is 0.983. The van der Waals surface area contributed by atoms with Gasteiger partial charge in [0.25, 0.3) is 0 Å². The molecule has 0 amide bonds. The van der Waals surface area contributed by atoms with Crippen LogP contribution in [0, 0.1) is 0 Å². The molecule has 4 nitrogen and oxygen atoms in total. The third-order valence-corrected chi connectivity index (χ3v) is 1.57. The maximum absolute atomic E-state index is 10.4. The van der Waals surface area contributed by atoms with Crippen molar-refractivity contribution in [2.24, 2.45) is 0 Å². The molecule has 60 valence electrons. The Morgan fingerprint density at radius 2 is 2.18 bits per heavy atom. The van der Waals surface area contributed by atoms with Crippen LogP contribution >= 0.6 is 0 Å². The Hall–Kier alpha value is 0.390. The summed E-state index contributed by atoms with van der Waals surface area (Å²) in [4.78, 5) is 10.4. The number of hydrogen-bond donors (Lipinski definition) is 3. The average Bonchev–Trinajstić information content (AvgIpc) is 2.12. The number of carboxylic acids is 1. The van der Waals surface area contributed by atoms with Gasteiger partial charge in [-0.1, -0.05) is 0 Å². The summed E-state index contributed by atoms with van der Waals surface area (Å²) in [6.45, 7) is 2.25. The standard InChI is InChI=1S/C6H12N2O2.Na.H/c9-6(10)5-4-7-2-1-3-8-5;;/h5,7-8H,1-4H2,(H,9,10);;. The molecule has 0 radical (unpaired) electrons. The van der Waals surface area contributed by atoms with Crippen LogP contribution in [-0.4, -0.2) is 66.3 Å². The van der Waals surface area contributed by atoms with E-state index in [0.29, 0.717) is 6.54 Å². The molecule has 0 aliphatic carbocycles. The van der Waals surface area contributed by atoms with Crippen molar-refractivity contribution in [2.45, 2.75) is 12.5 Å². The normalized spacial score (nSPS) is 24.9. The van der Waals surface area contributed by atoms with E-state index in [-0.39, 0.29) is 29.6 Å². The first-order valence-corrected chi connectivity index (χ1v) is 3.47. The van der Waals surface area contributed by atoms with E-state index in [4.69, 9.17) is 5.11 Å². The molecule has 1 atom stereocenters. The van der Waals surface area contributed by atoms with Gasteiger partial charge in [0.15, 0.2) is 0 Å². The van der Waals surface area contributed by atoms with Crippen molar-refractivity contribution in [1.29, 1.82) is 0 Å². The van der Waals surface area contributed by atoms with Crippen molar-refractivity contribution in [1.82, 2.24) is 10.6 Å². The Bertz CT molecular complexity index is 124. The van der Waals surface area contributed by atoms with E-state index < -0.39 is 12.0 Å². The van der Waals surface area contributed by atoms with Gasteiger partial charge in [-0.05, 0) is 19.5 Å². The average molecular weight is 168 g/mol. The Morgan fingerprint density at radius 1 is 1.45 bits per heavy atom. The molecule has 0 aromatic rings. The molecule has 5 heteroatoms. The maximum atomic E-state index is 10.4. The van der Waals surface area contributed by atoms with Gasteiger partial charge >= 0.3 is 35.5 Å². The summed E-state index contributed by atoms with van der Waals surface area (Å²) in [6, 6.07) is -0.400. The van der Waals surface area contributed by atoms with Gasteiger partial charge in [0.1, 0.15) is 6.04 Å². The Kier molecular flexibility index (Phi) is 6.18. The molecule has 1 rings (SSSR count). The predicted octanol–water partition coefficient (Wildman–Crippen LogP) is -1.63. The van der Waals surface area contributed by atoms with Crippen LogP contribution in [0.15, 0.2) is 0 Å². The monoisotopic (exact) mass is 168 g/mol. The van der Waals surface area contributed by atoms with Gasteiger partial charge in [0.2, 0.25) is 0 Å². The SMILES string of the molecule is O=C(O)C1CNCCCN1.[NaH]. The molecular formula is C6H13N2NaO2. The molecule has 1 fully saturated rings. The molecule has 1 heterocycles. The Labute approximate surface area is 88.0 Å². The third kappa shape index (κ3) is 4.08. The Morgan fingerprint density at radius 3 is 2.82 bits per heavy atom. The molecule has 0 saturated carbocycles. The van der Waals surface area contributed by atoms with Crippen molar-refractivity contribution in [3.63, 3.8) is 0 Å². The number of nitrogens with one attached hydrogen (secondary N) is 2. The van der Waals surface area contributed by atoms with Crippen LogP contribution < -0.4 is 10.6 Å². The van der Waals surface area contributed by atoms with Gasteiger partial charge in [0.05, 0.1) is 0 Å². The van der Waals surface area contributed by atoms with Crippen LogP contribution in [0.1, 0.15) is 6.42 Å². The zero-order chi connectivity index (χ0) is 7.40. The first kappa shape index (κ1) is 11.4. The van der Waals surface area contributed by atoms with E-state index in [2.05, 4.69) is 10.6 Å². The molecule has 1 unspecified atom stereocenters. The van der Waals surface area contributed by atoms with E-state index in [1.807, 2.05) is 0 Å². The van der Waals surface area contributed by atoms with Crippen LogP contribution in [-0.2, 0) is 4.79 Å². The van der Waals surface area contributed by atoms with Crippen LogP contribution in [0.3, 0.4) is 0 Å². The van der Waals surface area contributed by atoms with E-state index in [0.717, 1.165) is 19.5 Å². The molecule has 11 heavy (non-hydrogen) atoms. The van der Waals surface area contributed by atoms with Crippen molar-refractivity contribution in [3.05, 3.63) is 0 Å². The molecule has 1 aliphatic heterocycles. The second kappa shape index (κ2) is 5.97. The number of carboxylic acid groups (broad SMARTS) is 1. The van der Waals surface area contributed by atoms with Crippen molar-refractivity contribution < 1.29 is 9.90 Å². The second-order valence-electron chi connectivity index (χ2n) is 2.40. The molecule has 1 aliphatic rings. The zero-order valence-electron chi connectivity index (χ0n) is 5.76. The summed E-state index contributed by atoms with van der Waals surface area (Å²) in [5.41, 5.74) is 0. The first-order chi connectivity index (χ1) is 4.80. The molecule has 0 spiro atoms. The number of rotatable bonds is 1. The summed E-state index contributed by atoms with van der Waals surface area (Å²) in [6.07, 6.45) is 1.00. The summed E-state index contributed by atoms with van der Waals surface area (Å²) >= 11 is 0. The fourth-order valence-electron chi connectivity index (χ4n) is 0.983. The molecule has 1 saturated heterocycles. The minimum absolute atomic E-state index is 0. The summed E-state index contributed by atoms with van der Waals surface area (Å²) in [5.74, 6) is -0.769. The van der Waals surface area contributed by atoms with Crippen LogP contribution in [0.4, 0.5) is 0 Å². The van der Waals surface area contributed by atoms with Crippen LogP contribution in [0.25, 0.3) is 0 Å². The topological polar surface area (TPSA) is 61.4 Å². The van der Waals surface area contributed by atoms with Gasteiger partial charge in [0, 0.05) is 6.54 Å². The Balaban J connectivity index is 0.000001000. The molecule has 0 aromatic carbocycles. The summed E-state index contributed by atoms with van der Waals surface area (Å²) in [5, 5.41) is 14.5. The van der Waals surface area contributed by atoms with Gasteiger partial charge < -0.3 is 15.7 Å². The van der Waals surface area contributed by atoms with Crippen LogP contribution in [0.2, 0.25) is 0 Å². The molecule has 0 bridgehead atoms. The van der Waals surface area contributed by atoms with Crippen molar-refractivity contribution in [2.75, 3.05) is 19.6 Å². The second-order valence-corrected chi connectivity index (χ2v) is 2.40. The van der Waals surface area contributed by atoms with Crippen molar-refractivity contribution >= 4 is 35.5 Å². The van der Waals surface area contributed by atoms with E-state index in [1.54, 1.807) is 0 Å². The first-order valence-electron chi connectivity index (χ1n) is 3.47. The van der Waals surface area contributed by atoms with Crippen LogP contribution in [0.5, 0.6) is 0 Å². The number of aliphatic carboxylic acids is 1. The van der Waals surface area contributed by atoms with Gasteiger partial charge in [-0.2, -0.15) is 0 Å².